The van der Waals surface area contributed by atoms with Gasteiger partial charge in [0.2, 0.25) is 35.4 Å². The zero-order valence-corrected chi connectivity index (χ0v) is 29.7. The molecular weight excluding hydrogens is 682 g/mol. The molecule has 0 radical (unpaired) electrons. The highest BCUT2D eigenvalue weighted by molar-refractivity contribution is 5.97. The molecule has 1 aromatic carbocycles. The van der Waals surface area contributed by atoms with Crippen molar-refractivity contribution in [3.05, 3.63) is 35.9 Å². The number of carbonyl (C=O) groups excluding carboxylic acids is 6. The second-order valence-corrected chi connectivity index (χ2v) is 12.6. The summed E-state index contributed by atoms with van der Waals surface area (Å²) >= 11 is 0. The van der Waals surface area contributed by atoms with Crippen LogP contribution in [0.5, 0.6) is 0 Å². The number of nitrogens with one attached hydrogen (secondary N) is 6. The minimum absolute atomic E-state index is 0.0134. The molecule has 0 aromatic heterocycles. The largest absolute Gasteiger partial charge is 0.480 e. The Morgan fingerprint density at radius 2 is 1.02 bits per heavy atom. The van der Waals surface area contributed by atoms with Gasteiger partial charge in [-0.15, -0.1) is 0 Å². The summed E-state index contributed by atoms with van der Waals surface area (Å²) in [5.74, 6) is -6.62. The molecule has 18 N–H and O–H groups in total. The minimum Gasteiger partial charge on any atom is -0.480 e. The first-order valence-electron chi connectivity index (χ1n) is 16.8. The number of aliphatic hydroxyl groups is 1. The molecule has 1 rings (SSSR count). The summed E-state index contributed by atoms with van der Waals surface area (Å²) in [6.45, 7) is 3.63. The number of nitrogens with two attached hydrogens (primary N) is 5. The molecule has 20 nitrogen and oxygen atoms in total. The van der Waals surface area contributed by atoms with Gasteiger partial charge in [-0.2, -0.15) is 0 Å². The van der Waals surface area contributed by atoms with Crippen molar-refractivity contribution in [2.24, 2.45) is 34.6 Å². The van der Waals surface area contributed by atoms with Gasteiger partial charge in [0.1, 0.15) is 30.2 Å². The van der Waals surface area contributed by atoms with Crippen molar-refractivity contribution in [3.8, 4) is 0 Å². The van der Waals surface area contributed by atoms with Gasteiger partial charge >= 0.3 is 5.97 Å². The van der Waals surface area contributed by atoms with Crippen LogP contribution < -0.4 is 60.6 Å². The minimum atomic E-state index is -1.68. The third kappa shape index (κ3) is 15.3. The predicted octanol–water partition coefficient (Wildman–Crippen LogP) is -5.80. The second kappa shape index (κ2) is 23.0. The van der Waals surface area contributed by atoms with Crippen LogP contribution in [0.3, 0.4) is 0 Å². The standard InChI is InChI=1S/C32H55N11O9/c1-16(2)11-20(27(46)41-23(14-35)30(49)42-24(15-36)31(50)43-25(17(3)44)32(51)52)38-28(47)21(12-18-7-5-4-6-8-18)39-29(48)22(13-34)40-26(45)19(37)9-10-33/h4-8,16-17,19-25,44H,9-15,33-37H2,1-3H3,(H,38,47)(H,39,48)(H,40,45)(H,41,46)(H,42,49)(H,43,50)(H,51,52)/t17-,19+,20+,21-,22+,23+,24+,25+/m1/s1. The lowest BCUT2D eigenvalue weighted by atomic mass is 10.0. The molecule has 0 saturated carbocycles. The number of amides is 6. The monoisotopic (exact) mass is 737 g/mol. The van der Waals surface area contributed by atoms with Crippen LogP contribution in [0.2, 0.25) is 0 Å². The first-order valence-corrected chi connectivity index (χ1v) is 16.8. The zero-order valence-electron chi connectivity index (χ0n) is 29.7. The number of aliphatic hydroxyl groups excluding tert-OH is 1. The topological polar surface area (TPSA) is 362 Å². The van der Waals surface area contributed by atoms with Crippen molar-refractivity contribution >= 4 is 41.4 Å². The molecule has 52 heavy (non-hydrogen) atoms. The zero-order chi connectivity index (χ0) is 39.5. The third-order valence-corrected chi connectivity index (χ3v) is 7.72. The highest BCUT2D eigenvalue weighted by Crippen LogP contribution is 2.09. The summed E-state index contributed by atoms with van der Waals surface area (Å²) in [4.78, 5) is 90.1. The molecule has 0 aliphatic heterocycles. The Kier molecular flexibility index (Phi) is 20.0. The van der Waals surface area contributed by atoms with Crippen molar-refractivity contribution in [2.75, 3.05) is 26.2 Å². The second-order valence-electron chi connectivity index (χ2n) is 12.6. The van der Waals surface area contributed by atoms with E-state index in [9.17, 15) is 43.8 Å². The Morgan fingerprint density at radius 3 is 1.44 bits per heavy atom. The maximum absolute atomic E-state index is 13.8. The maximum Gasteiger partial charge on any atom is 0.328 e. The van der Waals surface area contributed by atoms with Gasteiger partial charge in [0.15, 0.2) is 6.04 Å². The lowest BCUT2D eigenvalue weighted by Crippen LogP contribution is -2.62. The number of benzene rings is 1. The van der Waals surface area contributed by atoms with Gasteiger partial charge in [-0.1, -0.05) is 44.2 Å². The van der Waals surface area contributed by atoms with Crippen LogP contribution in [0, 0.1) is 5.92 Å². The number of hydrogen-bond acceptors (Lipinski definition) is 13. The summed E-state index contributed by atoms with van der Waals surface area (Å²) in [7, 11) is 0. The summed E-state index contributed by atoms with van der Waals surface area (Å²) < 4.78 is 0. The van der Waals surface area contributed by atoms with E-state index in [1.54, 1.807) is 44.2 Å². The van der Waals surface area contributed by atoms with E-state index < -0.39 is 103 Å². The Balaban J connectivity index is 3.20. The molecule has 0 aliphatic rings. The van der Waals surface area contributed by atoms with Crippen LogP contribution in [-0.2, 0) is 40.0 Å². The molecule has 20 heteroatoms. The van der Waals surface area contributed by atoms with Crippen LogP contribution in [-0.4, -0.2) is 126 Å². The van der Waals surface area contributed by atoms with E-state index in [0.717, 1.165) is 6.92 Å². The van der Waals surface area contributed by atoms with Gasteiger partial charge in [-0.3, -0.25) is 28.8 Å². The van der Waals surface area contributed by atoms with Crippen molar-refractivity contribution in [1.82, 2.24) is 31.9 Å². The first-order chi connectivity index (χ1) is 24.5. The number of carboxylic acids is 1. The van der Waals surface area contributed by atoms with Crippen molar-refractivity contribution in [1.29, 1.82) is 0 Å². The maximum atomic E-state index is 13.8. The highest BCUT2D eigenvalue weighted by Gasteiger charge is 2.34. The Hall–Kier alpha value is -4.73. The highest BCUT2D eigenvalue weighted by atomic mass is 16.4. The predicted molar refractivity (Wildman–Crippen MR) is 189 cm³/mol. The van der Waals surface area contributed by atoms with Gasteiger partial charge in [0.05, 0.1) is 12.1 Å². The molecule has 0 saturated heterocycles. The molecule has 0 unspecified atom stereocenters. The number of carboxylic acid groups (broad SMARTS) is 1. The Labute approximate surface area is 302 Å². The van der Waals surface area contributed by atoms with Crippen LogP contribution in [0.1, 0.15) is 39.2 Å². The SMILES string of the molecule is CC(C)C[C@H](NC(=O)[C@@H](Cc1ccccc1)NC(=O)[C@H](CN)NC(=O)[C@@H](N)CCN)C(=O)N[C@@H](CN)C(=O)N[C@@H](CN)C(=O)N[C@H](C(=O)O)[C@@H](C)O. The average Bonchev–Trinajstić information content (AvgIpc) is 3.09. The summed E-state index contributed by atoms with van der Waals surface area (Å²) in [6, 6.07) is -0.597. The molecule has 0 heterocycles. The van der Waals surface area contributed by atoms with Crippen LogP contribution in [0.4, 0.5) is 0 Å². The molecule has 0 aliphatic carbocycles. The smallest absolute Gasteiger partial charge is 0.328 e. The van der Waals surface area contributed by atoms with Gasteiger partial charge < -0.3 is 70.8 Å². The van der Waals surface area contributed by atoms with E-state index in [4.69, 9.17) is 28.7 Å². The van der Waals surface area contributed by atoms with E-state index >= 15 is 0 Å². The van der Waals surface area contributed by atoms with E-state index in [-0.39, 0.29) is 38.3 Å². The van der Waals surface area contributed by atoms with E-state index in [1.807, 2.05) is 0 Å². The average molecular weight is 738 g/mol. The molecule has 292 valence electrons. The molecule has 0 fully saturated rings. The molecular formula is C32H55N11O9. The first kappa shape index (κ1) is 45.3. The van der Waals surface area contributed by atoms with Crippen molar-refractivity contribution < 1.29 is 43.8 Å². The fourth-order valence-corrected chi connectivity index (χ4v) is 4.78. The van der Waals surface area contributed by atoms with Crippen molar-refractivity contribution in [3.63, 3.8) is 0 Å². The molecule has 0 spiro atoms. The number of hydrogen-bond donors (Lipinski definition) is 13. The van der Waals surface area contributed by atoms with Gasteiger partial charge in [-0.25, -0.2) is 4.79 Å². The van der Waals surface area contributed by atoms with E-state index in [0.29, 0.717) is 5.56 Å². The molecule has 0 bridgehead atoms. The normalized spacial score (nSPS) is 15.7. The van der Waals surface area contributed by atoms with Gasteiger partial charge in [0, 0.05) is 26.1 Å². The summed E-state index contributed by atoms with van der Waals surface area (Å²) in [5, 5.41) is 33.4. The molecule has 6 amide bonds. The van der Waals surface area contributed by atoms with Crippen molar-refractivity contribution in [2.45, 2.75) is 88.4 Å². The summed E-state index contributed by atoms with van der Waals surface area (Å²) in [5.41, 5.74) is 29.1. The number of aliphatic carboxylic acids is 1. The lowest BCUT2D eigenvalue weighted by Gasteiger charge is -2.28. The van der Waals surface area contributed by atoms with Crippen LogP contribution in [0.15, 0.2) is 30.3 Å². The van der Waals surface area contributed by atoms with Gasteiger partial charge in [-0.05, 0) is 37.8 Å². The Bertz CT molecular complexity index is 1350. The van der Waals surface area contributed by atoms with Crippen LogP contribution in [0.25, 0.3) is 0 Å². The molecule has 1 aromatic rings. The van der Waals surface area contributed by atoms with E-state index in [2.05, 4.69) is 31.9 Å². The van der Waals surface area contributed by atoms with Crippen LogP contribution >= 0.6 is 0 Å². The van der Waals surface area contributed by atoms with Gasteiger partial charge in [0.25, 0.3) is 0 Å². The van der Waals surface area contributed by atoms with E-state index in [1.165, 1.54) is 0 Å². The molecule has 8 atom stereocenters. The lowest BCUT2D eigenvalue weighted by molar-refractivity contribution is -0.145. The quantitative estimate of drug-likeness (QED) is 0.0498. The third-order valence-electron chi connectivity index (χ3n) is 7.72. The fraction of sp³-hybridized carbons (Fsp3) is 0.594. The number of rotatable bonds is 23. The Morgan fingerprint density at radius 1 is 0.615 bits per heavy atom. The summed E-state index contributed by atoms with van der Waals surface area (Å²) in [6.07, 6.45) is -1.22. The number of carbonyl (C=O) groups is 7. The fourth-order valence-electron chi connectivity index (χ4n) is 4.78.